The highest BCUT2D eigenvalue weighted by molar-refractivity contribution is 7.92. The van der Waals surface area contributed by atoms with Crippen molar-refractivity contribution in [1.82, 2.24) is 10.2 Å². The molecule has 2 amide bonds. The lowest BCUT2D eigenvalue weighted by atomic mass is 10.0. The van der Waals surface area contributed by atoms with E-state index in [0.717, 1.165) is 26.6 Å². The molecule has 1 atom stereocenters. The van der Waals surface area contributed by atoms with Crippen LogP contribution in [0.3, 0.4) is 0 Å². The van der Waals surface area contributed by atoms with Crippen LogP contribution in [0, 0.1) is 20.8 Å². The quantitative estimate of drug-likeness (QED) is 0.179. The van der Waals surface area contributed by atoms with E-state index in [-0.39, 0.29) is 23.8 Å². The molecule has 0 aliphatic rings. The molecule has 0 fully saturated rings. The monoisotopic (exact) mass is 665 g/mol. The molecule has 10 heteroatoms. The van der Waals surface area contributed by atoms with E-state index in [9.17, 15) is 18.0 Å². The van der Waals surface area contributed by atoms with E-state index < -0.39 is 28.5 Å². The van der Waals surface area contributed by atoms with Crippen molar-refractivity contribution in [2.45, 2.75) is 51.6 Å². The van der Waals surface area contributed by atoms with Crippen LogP contribution in [0.4, 0.5) is 5.69 Å². The number of halogens is 2. The van der Waals surface area contributed by atoms with Gasteiger partial charge in [-0.05, 0) is 80.3 Å². The summed E-state index contributed by atoms with van der Waals surface area (Å²) in [4.78, 5) is 29.7. The number of amides is 2. The molecule has 236 valence electrons. The molecule has 0 radical (unpaired) electrons. The van der Waals surface area contributed by atoms with Crippen molar-refractivity contribution in [3.8, 4) is 0 Å². The van der Waals surface area contributed by atoms with Gasteiger partial charge in [0.05, 0.1) is 10.6 Å². The van der Waals surface area contributed by atoms with Crippen molar-refractivity contribution in [3.63, 3.8) is 0 Å². The molecular weight excluding hydrogens is 629 g/mol. The zero-order valence-electron chi connectivity index (χ0n) is 25.8. The molecule has 45 heavy (non-hydrogen) atoms. The maximum atomic E-state index is 14.5. The molecule has 0 aliphatic carbocycles. The summed E-state index contributed by atoms with van der Waals surface area (Å²) in [7, 11) is -4.20. The number of sulfonamides is 1. The van der Waals surface area contributed by atoms with Crippen molar-refractivity contribution in [2.75, 3.05) is 17.4 Å². The van der Waals surface area contributed by atoms with Crippen LogP contribution in [-0.4, -0.2) is 44.3 Å². The lowest BCUT2D eigenvalue weighted by Gasteiger charge is -2.34. The molecule has 0 saturated heterocycles. The number of carbonyl (C=O) groups is 2. The minimum atomic E-state index is -4.20. The summed E-state index contributed by atoms with van der Waals surface area (Å²) in [5.74, 6) is -0.927. The van der Waals surface area contributed by atoms with Crippen LogP contribution in [-0.2, 0) is 32.6 Å². The van der Waals surface area contributed by atoms with Crippen LogP contribution < -0.4 is 9.62 Å². The number of carbonyl (C=O) groups excluding carboxylic acids is 2. The van der Waals surface area contributed by atoms with Crippen LogP contribution in [0.5, 0.6) is 0 Å². The van der Waals surface area contributed by atoms with Gasteiger partial charge in [0, 0.05) is 29.6 Å². The molecule has 7 nitrogen and oxygen atoms in total. The second-order valence-corrected chi connectivity index (χ2v) is 13.6. The third kappa shape index (κ3) is 8.25. The summed E-state index contributed by atoms with van der Waals surface area (Å²) in [5, 5.41) is 3.61. The first-order chi connectivity index (χ1) is 21.4. The zero-order valence-corrected chi connectivity index (χ0v) is 28.1. The van der Waals surface area contributed by atoms with E-state index >= 15 is 0 Å². The van der Waals surface area contributed by atoms with Gasteiger partial charge in [0.2, 0.25) is 11.8 Å². The first-order valence-corrected chi connectivity index (χ1v) is 16.8. The molecule has 4 aromatic rings. The van der Waals surface area contributed by atoms with Crippen molar-refractivity contribution in [2.24, 2.45) is 0 Å². The number of anilines is 1. The predicted octanol–water partition coefficient (Wildman–Crippen LogP) is 6.89. The molecule has 4 rings (SSSR count). The number of aryl methyl sites for hydroxylation is 2. The zero-order chi connectivity index (χ0) is 32.7. The van der Waals surface area contributed by atoms with Crippen LogP contribution in [0.2, 0.25) is 10.0 Å². The Balaban J connectivity index is 1.85. The number of benzene rings is 4. The Morgan fingerprint density at radius 1 is 0.867 bits per heavy atom. The average molecular weight is 667 g/mol. The highest BCUT2D eigenvalue weighted by atomic mass is 35.5. The maximum absolute atomic E-state index is 14.5. The van der Waals surface area contributed by atoms with Gasteiger partial charge in [-0.2, -0.15) is 0 Å². The highest BCUT2D eigenvalue weighted by Gasteiger charge is 2.35. The van der Waals surface area contributed by atoms with Crippen LogP contribution >= 0.6 is 23.2 Å². The number of hydrogen-bond acceptors (Lipinski definition) is 4. The first-order valence-electron chi connectivity index (χ1n) is 14.6. The number of likely N-dealkylation sites (N-methyl/N-ethyl adjacent to an activating group) is 1. The predicted molar refractivity (Wildman–Crippen MR) is 181 cm³/mol. The summed E-state index contributed by atoms with van der Waals surface area (Å²) in [5.41, 5.74) is 4.28. The third-order valence-electron chi connectivity index (χ3n) is 7.71. The van der Waals surface area contributed by atoms with Gasteiger partial charge in [-0.25, -0.2) is 8.42 Å². The second kappa shape index (κ2) is 15.0. The van der Waals surface area contributed by atoms with Crippen molar-refractivity contribution in [3.05, 3.63) is 129 Å². The maximum Gasteiger partial charge on any atom is 0.264 e. The Labute approximate surface area is 275 Å². The normalized spacial score (nSPS) is 12.0. The largest absolute Gasteiger partial charge is 0.355 e. The molecule has 4 aromatic carbocycles. The molecule has 0 aliphatic heterocycles. The highest BCUT2D eigenvalue weighted by Crippen LogP contribution is 2.30. The van der Waals surface area contributed by atoms with Crippen LogP contribution in [0.25, 0.3) is 0 Å². The first kappa shape index (κ1) is 34.0. The van der Waals surface area contributed by atoms with E-state index in [4.69, 9.17) is 23.2 Å². The minimum absolute atomic E-state index is 0.0469. The van der Waals surface area contributed by atoms with Gasteiger partial charge in [0.15, 0.2) is 0 Å². The lowest BCUT2D eigenvalue weighted by Crippen LogP contribution is -2.53. The fourth-order valence-corrected chi connectivity index (χ4v) is 6.98. The van der Waals surface area contributed by atoms with Crippen molar-refractivity contribution < 1.29 is 18.0 Å². The average Bonchev–Trinajstić information content (AvgIpc) is 3.01. The Hall–Kier alpha value is -3.85. The number of nitrogens with one attached hydrogen (secondary N) is 1. The van der Waals surface area contributed by atoms with Gasteiger partial charge in [0.1, 0.15) is 12.6 Å². The number of hydrogen-bond donors (Lipinski definition) is 1. The van der Waals surface area contributed by atoms with Crippen molar-refractivity contribution in [1.29, 1.82) is 0 Å². The Bertz CT molecular complexity index is 1760. The molecule has 0 aromatic heterocycles. The van der Waals surface area contributed by atoms with Gasteiger partial charge in [-0.1, -0.05) is 89.4 Å². The number of rotatable bonds is 12. The molecule has 1 N–H and O–H groups in total. The Kier molecular flexibility index (Phi) is 11.3. The molecule has 0 heterocycles. The Morgan fingerprint density at radius 3 is 2.20 bits per heavy atom. The molecule has 0 unspecified atom stereocenters. The summed E-state index contributed by atoms with van der Waals surface area (Å²) in [6.07, 6.45) is 0.206. The fraction of sp³-hybridized carbons (Fsp3) is 0.257. The van der Waals surface area contributed by atoms with E-state index in [0.29, 0.717) is 27.8 Å². The van der Waals surface area contributed by atoms with E-state index in [1.807, 2.05) is 57.2 Å². The molecule has 0 spiro atoms. The van der Waals surface area contributed by atoms with E-state index in [2.05, 4.69) is 5.32 Å². The number of nitrogens with zero attached hydrogens (tertiary/aromatic N) is 2. The Morgan fingerprint density at radius 2 is 1.56 bits per heavy atom. The van der Waals surface area contributed by atoms with Gasteiger partial charge >= 0.3 is 0 Å². The van der Waals surface area contributed by atoms with Gasteiger partial charge < -0.3 is 10.2 Å². The summed E-state index contributed by atoms with van der Waals surface area (Å²) in [6.45, 7) is 7.14. The summed E-state index contributed by atoms with van der Waals surface area (Å²) < 4.78 is 29.6. The molecule has 0 saturated carbocycles. The van der Waals surface area contributed by atoms with E-state index in [1.165, 1.54) is 17.0 Å². The molecular formula is C35H37Cl2N3O4S. The van der Waals surface area contributed by atoms with Gasteiger partial charge in [-0.3, -0.25) is 13.9 Å². The van der Waals surface area contributed by atoms with Crippen molar-refractivity contribution >= 4 is 50.7 Å². The van der Waals surface area contributed by atoms with E-state index in [1.54, 1.807) is 49.4 Å². The topological polar surface area (TPSA) is 86.8 Å². The molecule has 0 bridgehead atoms. The van der Waals surface area contributed by atoms with Crippen LogP contribution in [0.1, 0.15) is 34.7 Å². The second-order valence-electron chi connectivity index (χ2n) is 10.9. The van der Waals surface area contributed by atoms with Gasteiger partial charge in [-0.15, -0.1) is 0 Å². The third-order valence-corrected chi connectivity index (χ3v) is 10.1. The summed E-state index contributed by atoms with van der Waals surface area (Å²) in [6, 6.07) is 25.2. The SMILES string of the molecule is CCNC(=O)[C@@H](Cc1ccccc1)N(Cc1ccc(Cl)cc1Cl)C(=O)CN(c1cccc(C)c1C)S(=O)(=O)c1ccc(C)cc1. The fourth-order valence-electron chi connectivity index (χ4n) is 5.04. The lowest BCUT2D eigenvalue weighted by molar-refractivity contribution is -0.140. The minimum Gasteiger partial charge on any atom is -0.355 e. The van der Waals surface area contributed by atoms with Gasteiger partial charge in [0.25, 0.3) is 10.0 Å². The summed E-state index contributed by atoms with van der Waals surface area (Å²) >= 11 is 12.7. The standard InChI is InChI=1S/C35H37Cl2N3O4S/c1-5-38-35(42)33(20-27-11-7-6-8-12-27)39(22-28-16-17-29(36)21-31(28)37)34(41)23-40(32-13-9-10-25(3)26(32)4)45(43,44)30-18-14-24(2)15-19-30/h6-19,21,33H,5,20,22-23H2,1-4H3,(H,38,42)/t33-/m1/s1. The van der Waals surface area contributed by atoms with Crippen LogP contribution in [0.15, 0.2) is 95.9 Å². The smallest absolute Gasteiger partial charge is 0.264 e.